The Morgan fingerprint density at radius 3 is 2.67 bits per heavy atom. The normalized spacial score (nSPS) is 26.1. The third-order valence-corrected chi connectivity index (χ3v) is 7.05. The minimum absolute atomic E-state index is 0.207. The van der Waals surface area contributed by atoms with Crippen LogP contribution in [0.5, 0.6) is 11.5 Å². The molecule has 3 unspecified atom stereocenters. The van der Waals surface area contributed by atoms with Gasteiger partial charge in [0.1, 0.15) is 0 Å². The molecule has 4 rings (SSSR count). The molecule has 1 aromatic carbocycles. The topological polar surface area (TPSA) is 54.8 Å². The Balaban J connectivity index is 1.59. The van der Waals surface area contributed by atoms with Crippen molar-refractivity contribution >= 4 is 0 Å². The van der Waals surface area contributed by atoms with Gasteiger partial charge in [0.25, 0.3) is 0 Å². The molecule has 162 valence electrons. The number of nitrogens with zero attached hydrogens (tertiary/aromatic N) is 2. The van der Waals surface area contributed by atoms with Crippen LogP contribution in [0.2, 0.25) is 0 Å². The summed E-state index contributed by atoms with van der Waals surface area (Å²) in [4.78, 5) is 6.89. The van der Waals surface area contributed by atoms with Gasteiger partial charge in [0.2, 0.25) is 0 Å². The molecule has 0 spiro atoms. The number of methoxy groups -OCH3 is 1. The summed E-state index contributed by atoms with van der Waals surface area (Å²) in [7, 11) is 1.70. The van der Waals surface area contributed by atoms with Gasteiger partial charge in [0.15, 0.2) is 11.5 Å². The minimum atomic E-state index is -0.419. The smallest absolute Gasteiger partial charge is 0.161 e. The highest BCUT2D eigenvalue weighted by Gasteiger charge is 2.47. The molecular formula is C25H34N2O3. The molecule has 0 bridgehead atoms. The monoisotopic (exact) mass is 410 g/mol. The highest BCUT2D eigenvalue weighted by Crippen LogP contribution is 2.47. The number of pyridine rings is 1. The highest BCUT2D eigenvalue weighted by molar-refractivity contribution is 5.45. The zero-order chi connectivity index (χ0) is 21.1. The number of likely N-dealkylation sites (tertiary alicyclic amines) is 1. The van der Waals surface area contributed by atoms with Gasteiger partial charge in [-0.25, -0.2) is 0 Å². The first-order valence-corrected chi connectivity index (χ1v) is 11.1. The van der Waals surface area contributed by atoms with Gasteiger partial charge < -0.3 is 14.6 Å². The molecule has 2 aliphatic rings. The van der Waals surface area contributed by atoms with Crippen molar-refractivity contribution in [1.82, 2.24) is 9.88 Å². The molecule has 1 saturated heterocycles. The average Bonchev–Trinajstić information content (AvgIpc) is 3.37. The largest absolute Gasteiger partial charge is 0.493 e. The van der Waals surface area contributed by atoms with E-state index in [9.17, 15) is 5.11 Å². The molecule has 1 aliphatic carbocycles. The molecule has 3 atom stereocenters. The number of hydrogen-bond donors (Lipinski definition) is 1. The van der Waals surface area contributed by atoms with E-state index in [4.69, 9.17) is 9.47 Å². The second-order valence-corrected chi connectivity index (χ2v) is 9.16. The molecule has 1 saturated carbocycles. The summed E-state index contributed by atoms with van der Waals surface area (Å²) in [5.41, 5.74) is 2.02. The van der Waals surface area contributed by atoms with Crippen LogP contribution in [0.25, 0.3) is 0 Å². The zero-order valence-electron chi connectivity index (χ0n) is 18.4. The number of ether oxygens (including phenoxy) is 2. The first kappa shape index (κ1) is 21.1. The van der Waals surface area contributed by atoms with Gasteiger partial charge in [-0.2, -0.15) is 0 Å². The van der Waals surface area contributed by atoms with E-state index in [0.29, 0.717) is 0 Å². The van der Waals surface area contributed by atoms with Crippen LogP contribution in [-0.2, 0) is 6.54 Å². The molecule has 5 nitrogen and oxygen atoms in total. The van der Waals surface area contributed by atoms with Gasteiger partial charge in [-0.3, -0.25) is 9.88 Å². The second-order valence-electron chi connectivity index (χ2n) is 9.16. The van der Waals surface area contributed by atoms with E-state index in [1.807, 2.05) is 31.3 Å². The van der Waals surface area contributed by atoms with Crippen molar-refractivity contribution < 1.29 is 14.6 Å². The summed E-state index contributed by atoms with van der Waals surface area (Å²) < 4.78 is 11.9. The Hall–Kier alpha value is -2.11. The van der Waals surface area contributed by atoms with E-state index >= 15 is 0 Å². The molecule has 0 amide bonds. The van der Waals surface area contributed by atoms with Crippen LogP contribution >= 0.6 is 0 Å². The van der Waals surface area contributed by atoms with Crippen molar-refractivity contribution in [3.63, 3.8) is 0 Å². The summed E-state index contributed by atoms with van der Waals surface area (Å²) in [5, 5.41) is 10.7. The van der Waals surface area contributed by atoms with Crippen molar-refractivity contribution in [3.8, 4) is 11.5 Å². The van der Waals surface area contributed by atoms with Crippen molar-refractivity contribution in [3.05, 3.63) is 53.9 Å². The standard InChI is InChI=1S/C25H34N2O3/c1-18(28)25(2)17-27(15-20-8-6-7-13-26-20)16-22(25)19-11-12-23(29-3)24(14-19)30-21-9-4-5-10-21/h6-8,11-14,18,21-22,28H,4-5,9-10,15-17H2,1-3H3. The van der Waals surface area contributed by atoms with E-state index in [0.717, 1.165) is 49.7 Å². The van der Waals surface area contributed by atoms with Gasteiger partial charge in [-0.15, -0.1) is 0 Å². The lowest BCUT2D eigenvalue weighted by Gasteiger charge is -2.34. The van der Waals surface area contributed by atoms with E-state index in [1.165, 1.54) is 18.4 Å². The maximum absolute atomic E-state index is 10.7. The Labute approximate surface area is 180 Å². The summed E-state index contributed by atoms with van der Waals surface area (Å²) in [6.07, 6.45) is 6.39. The predicted molar refractivity (Wildman–Crippen MR) is 118 cm³/mol. The van der Waals surface area contributed by atoms with Crippen molar-refractivity contribution in [2.24, 2.45) is 5.41 Å². The van der Waals surface area contributed by atoms with Gasteiger partial charge >= 0.3 is 0 Å². The first-order chi connectivity index (χ1) is 14.5. The first-order valence-electron chi connectivity index (χ1n) is 11.1. The van der Waals surface area contributed by atoms with Crippen LogP contribution in [0, 0.1) is 5.41 Å². The van der Waals surface area contributed by atoms with Crippen LogP contribution < -0.4 is 9.47 Å². The minimum Gasteiger partial charge on any atom is -0.493 e. The lowest BCUT2D eigenvalue weighted by molar-refractivity contribution is 0.0473. The Kier molecular flexibility index (Phi) is 6.30. The SMILES string of the molecule is COc1ccc(C2CN(Cc3ccccn3)CC2(C)C(C)O)cc1OC1CCCC1. The number of benzene rings is 1. The van der Waals surface area contributed by atoms with Crippen LogP contribution in [-0.4, -0.2) is 47.4 Å². The fourth-order valence-electron chi connectivity index (χ4n) is 5.06. The maximum atomic E-state index is 10.7. The summed E-state index contributed by atoms with van der Waals surface area (Å²) in [6, 6.07) is 12.3. The molecule has 2 fully saturated rings. The summed E-state index contributed by atoms with van der Waals surface area (Å²) in [5.74, 6) is 1.82. The molecule has 0 radical (unpaired) electrons. The number of aliphatic hydroxyl groups excluding tert-OH is 1. The van der Waals surface area contributed by atoms with Crippen LogP contribution in [0.15, 0.2) is 42.6 Å². The lowest BCUT2D eigenvalue weighted by atomic mass is 9.72. The molecule has 2 aromatic rings. The van der Waals surface area contributed by atoms with Gasteiger partial charge in [-0.05, 0) is 62.4 Å². The second kappa shape index (κ2) is 8.94. The van der Waals surface area contributed by atoms with Crippen LogP contribution in [0.1, 0.15) is 56.7 Å². The third kappa shape index (κ3) is 4.33. The van der Waals surface area contributed by atoms with Crippen LogP contribution in [0.4, 0.5) is 0 Å². The van der Waals surface area contributed by atoms with E-state index < -0.39 is 6.10 Å². The van der Waals surface area contributed by atoms with Gasteiger partial charge in [0.05, 0.1) is 25.0 Å². The average molecular weight is 411 g/mol. The molecule has 5 heteroatoms. The quantitative estimate of drug-likeness (QED) is 0.733. The lowest BCUT2D eigenvalue weighted by Crippen LogP contribution is -2.37. The molecule has 1 aromatic heterocycles. The van der Waals surface area contributed by atoms with Crippen LogP contribution in [0.3, 0.4) is 0 Å². The fourth-order valence-corrected chi connectivity index (χ4v) is 5.06. The van der Waals surface area contributed by atoms with E-state index in [2.05, 4.69) is 35.0 Å². The number of hydrogen-bond acceptors (Lipinski definition) is 5. The predicted octanol–water partition coefficient (Wildman–Crippen LogP) is 4.40. The number of rotatable bonds is 7. The molecular weight excluding hydrogens is 376 g/mol. The molecule has 2 heterocycles. The van der Waals surface area contributed by atoms with E-state index in [1.54, 1.807) is 7.11 Å². The number of aliphatic hydroxyl groups is 1. The summed E-state index contributed by atoms with van der Waals surface area (Å²) >= 11 is 0. The van der Waals surface area contributed by atoms with Crippen molar-refractivity contribution in [2.75, 3.05) is 20.2 Å². The Morgan fingerprint density at radius 1 is 1.20 bits per heavy atom. The van der Waals surface area contributed by atoms with Crippen molar-refractivity contribution in [2.45, 2.75) is 64.2 Å². The molecule has 1 N–H and O–H groups in total. The van der Waals surface area contributed by atoms with Crippen molar-refractivity contribution in [1.29, 1.82) is 0 Å². The number of aromatic nitrogens is 1. The molecule has 30 heavy (non-hydrogen) atoms. The highest BCUT2D eigenvalue weighted by atomic mass is 16.5. The van der Waals surface area contributed by atoms with Gasteiger partial charge in [-0.1, -0.05) is 19.1 Å². The summed E-state index contributed by atoms with van der Waals surface area (Å²) in [6.45, 7) is 6.62. The zero-order valence-corrected chi connectivity index (χ0v) is 18.4. The Bertz CT molecular complexity index is 836. The van der Waals surface area contributed by atoms with E-state index in [-0.39, 0.29) is 17.4 Å². The Morgan fingerprint density at radius 2 is 2.00 bits per heavy atom. The fraction of sp³-hybridized carbons (Fsp3) is 0.560. The third-order valence-electron chi connectivity index (χ3n) is 7.05. The van der Waals surface area contributed by atoms with Gasteiger partial charge in [0, 0.05) is 37.2 Å². The maximum Gasteiger partial charge on any atom is 0.161 e. The molecule has 1 aliphatic heterocycles.